The van der Waals surface area contributed by atoms with Crippen molar-refractivity contribution in [2.24, 2.45) is 0 Å². The summed E-state index contributed by atoms with van der Waals surface area (Å²) in [6.07, 6.45) is 2.87. The molecule has 0 bridgehead atoms. The minimum absolute atomic E-state index is 0. The predicted octanol–water partition coefficient (Wildman–Crippen LogP) is 2.32. The van der Waals surface area contributed by atoms with Crippen LogP contribution in [0.1, 0.15) is 16.8 Å². The zero-order chi connectivity index (χ0) is 14.5. The van der Waals surface area contributed by atoms with Gasteiger partial charge in [-0.05, 0) is 25.1 Å². The molecule has 0 spiro atoms. The topological polar surface area (TPSA) is 84.3 Å². The zero-order valence-electron chi connectivity index (χ0n) is 11.1. The van der Waals surface area contributed by atoms with Gasteiger partial charge in [-0.1, -0.05) is 29.3 Å². The molecule has 0 fully saturated rings. The lowest BCUT2D eigenvalue weighted by atomic mass is 10.1. The van der Waals surface area contributed by atoms with E-state index in [0.29, 0.717) is 6.54 Å². The first-order chi connectivity index (χ1) is 9.59. The molecule has 114 valence electrons. The quantitative estimate of drug-likeness (QED) is 0.503. The van der Waals surface area contributed by atoms with Gasteiger partial charge in [0.05, 0.1) is 4.92 Å². The van der Waals surface area contributed by atoms with Crippen LogP contribution in [-0.4, -0.2) is 30.5 Å². The number of benzene rings is 1. The van der Waals surface area contributed by atoms with Crippen molar-refractivity contribution in [1.29, 1.82) is 0 Å². The lowest BCUT2D eigenvalue weighted by Gasteiger charge is -2.14. The molecule has 1 amide bonds. The van der Waals surface area contributed by atoms with Crippen LogP contribution in [-0.2, 0) is 0 Å². The average Bonchev–Trinajstić information content (AvgIpc) is 2.45. The lowest BCUT2D eigenvalue weighted by molar-refractivity contribution is -0.385. The Morgan fingerprint density at radius 2 is 2.24 bits per heavy atom. The van der Waals surface area contributed by atoms with Crippen molar-refractivity contribution < 1.29 is 9.72 Å². The summed E-state index contributed by atoms with van der Waals surface area (Å²) in [5, 5.41) is 16.8. The van der Waals surface area contributed by atoms with E-state index in [1.165, 1.54) is 18.2 Å². The van der Waals surface area contributed by atoms with Gasteiger partial charge in [0.15, 0.2) is 0 Å². The Bertz CT molecular complexity index is 576. The highest BCUT2D eigenvalue weighted by Gasteiger charge is 2.23. The van der Waals surface area contributed by atoms with Crippen molar-refractivity contribution in [3.63, 3.8) is 0 Å². The maximum atomic E-state index is 12.0. The van der Waals surface area contributed by atoms with E-state index in [0.717, 1.165) is 25.1 Å². The largest absolute Gasteiger partial charge is 0.348 e. The summed E-state index contributed by atoms with van der Waals surface area (Å²) < 4.78 is 0. The number of carbonyl (C=O) groups excluding carboxylic acids is 1. The Morgan fingerprint density at radius 1 is 1.48 bits per heavy atom. The normalized spacial score (nSPS) is 13.9. The second kappa shape index (κ2) is 7.97. The van der Waals surface area contributed by atoms with Gasteiger partial charge < -0.3 is 10.6 Å². The van der Waals surface area contributed by atoms with Gasteiger partial charge in [-0.15, -0.1) is 12.4 Å². The van der Waals surface area contributed by atoms with Crippen LogP contribution >= 0.6 is 24.0 Å². The summed E-state index contributed by atoms with van der Waals surface area (Å²) >= 11 is 5.78. The van der Waals surface area contributed by atoms with E-state index in [2.05, 4.69) is 10.6 Å². The van der Waals surface area contributed by atoms with Gasteiger partial charge in [-0.3, -0.25) is 14.9 Å². The molecule has 8 heteroatoms. The van der Waals surface area contributed by atoms with Crippen LogP contribution < -0.4 is 10.6 Å². The van der Waals surface area contributed by atoms with Gasteiger partial charge >= 0.3 is 5.69 Å². The zero-order valence-corrected chi connectivity index (χ0v) is 12.7. The van der Waals surface area contributed by atoms with Crippen LogP contribution in [0.25, 0.3) is 0 Å². The molecule has 2 rings (SSSR count). The van der Waals surface area contributed by atoms with E-state index in [4.69, 9.17) is 11.6 Å². The third kappa shape index (κ3) is 4.42. The second-order valence-corrected chi connectivity index (χ2v) is 4.80. The molecule has 0 aromatic heterocycles. The molecule has 0 aliphatic carbocycles. The van der Waals surface area contributed by atoms with Crippen molar-refractivity contribution in [3.05, 3.63) is 50.5 Å². The molecule has 21 heavy (non-hydrogen) atoms. The fourth-order valence-electron chi connectivity index (χ4n) is 2.00. The first-order valence-electron chi connectivity index (χ1n) is 6.19. The summed E-state index contributed by atoms with van der Waals surface area (Å²) in [5.74, 6) is -0.487. The Balaban J connectivity index is 0.00000220. The number of carbonyl (C=O) groups is 1. The third-order valence-corrected chi connectivity index (χ3v) is 3.35. The highest BCUT2D eigenvalue weighted by Crippen LogP contribution is 2.28. The van der Waals surface area contributed by atoms with Gasteiger partial charge in [-0.25, -0.2) is 0 Å². The van der Waals surface area contributed by atoms with E-state index in [1.807, 2.05) is 6.08 Å². The lowest BCUT2D eigenvalue weighted by Crippen LogP contribution is -2.30. The molecule has 1 aliphatic heterocycles. The van der Waals surface area contributed by atoms with E-state index >= 15 is 0 Å². The fraction of sp³-hybridized carbons (Fsp3) is 0.308. The number of hydrogen-bond acceptors (Lipinski definition) is 4. The average molecular weight is 332 g/mol. The van der Waals surface area contributed by atoms with Crippen LogP contribution in [0.4, 0.5) is 5.69 Å². The maximum absolute atomic E-state index is 12.0. The number of para-hydroxylation sites is 1. The van der Waals surface area contributed by atoms with Crippen molar-refractivity contribution in [2.75, 3.05) is 19.6 Å². The SMILES string of the molecule is Cl.O=C(NCC1=CCNCC1)c1cccc(Cl)c1[N+](=O)[O-]. The van der Waals surface area contributed by atoms with Crippen LogP contribution in [0.15, 0.2) is 29.8 Å². The summed E-state index contributed by atoms with van der Waals surface area (Å²) in [6.45, 7) is 2.05. The molecule has 1 heterocycles. The van der Waals surface area contributed by atoms with Gasteiger partial charge in [0.1, 0.15) is 10.6 Å². The highest BCUT2D eigenvalue weighted by molar-refractivity contribution is 6.33. The molecule has 1 aromatic carbocycles. The smallest absolute Gasteiger partial charge is 0.300 e. The Morgan fingerprint density at radius 3 is 2.86 bits per heavy atom. The van der Waals surface area contributed by atoms with Gasteiger partial charge in [-0.2, -0.15) is 0 Å². The number of halogens is 2. The van der Waals surface area contributed by atoms with Crippen molar-refractivity contribution in [3.8, 4) is 0 Å². The molecule has 2 N–H and O–H groups in total. The van der Waals surface area contributed by atoms with Crippen molar-refractivity contribution >= 4 is 35.6 Å². The molecule has 0 radical (unpaired) electrons. The number of nitrogens with zero attached hydrogens (tertiary/aromatic N) is 1. The van der Waals surface area contributed by atoms with Gasteiger partial charge in [0.25, 0.3) is 5.91 Å². The van der Waals surface area contributed by atoms with E-state index in [1.54, 1.807) is 0 Å². The first-order valence-corrected chi connectivity index (χ1v) is 6.57. The summed E-state index contributed by atoms with van der Waals surface area (Å²) in [7, 11) is 0. The first kappa shape index (κ1) is 17.4. The van der Waals surface area contributed by atoms with Crippen LogP contribution in [0.2, 0.25) is 5.02 Å². The fourth-order valence-corrected chi connectivity index (χ4v) is 2.25. The highest BCUT2D eigenvalue weighted by atomic mass is 35.5. The molecule has 0 atom stereocenters. The third-order valence-electron chi connectivity index (χ3n) is 3.05. The van der Waals surface area contributed by atoms with Gasteiger partial charge in [0.2, 0.25) is 0 Å². The Kier molecular flexibility index (Phi) is 6.61. The van der Waals surface area contributed by atoms with E-state index < -0.39 is 10.8 Å². The monoisotopic (exact) mass is 331 g/mol. The van der Waals surface area contributed by atoms with Crippen LogP contribution in [0.3, 0.4) is 0 Å². The Hall–Kier alpha value is -1.63. The molecular formula is C13H15Cl2N3O3. The summed E-state index contributed by atoms with van der Waals surface area (Å²) in [6, 6.07) is 4.32. The second-order valence-electron chi connectivity index (χ2n) is 4.39. The molecule has 0 unspecified atom stereocenters. The number of nitro benzene ring substituents is 1. The molecule has 0 saturated carbocycles. The minimum Gasteiger partial charge on any atom is -0.348 e. The standard InChI is InChI=1S/C13H14ClN3O3.ClH/c14-11-3-1-2-10(12(11)17(19)20)13(18)16-8-9-4-6-15-7-5-9;/h1-4,15H,5-8H2,(H,16,18);1H. The number of hydrogen-bond donors (Lipinski definition) is 2. The van der Waals surface area contributed by atoms with E-state index in [9.17, 15) is 14.9 Å². The van der Waals surface area contributed by atoms with Crippen molar-refractivity contribution in [1.82, 2.24) is 10.6 Å². The van der Waals surface area contributed by atoms with E-state index in [-0.39, 0.29) is 28.7 Å². The molecule has 6 nitrogen and oxygen atoms in total. The number of nitrogens with one attached hydrogen (secondary N) is 2. The summed E-state index contributed by atoms with van der Waals surface area (Å²) in [4.78, 5) is 22.4. The predicted molar refractivity (Wildman–Crippen MR) is 83.3 cm³/mol. The van der Waals surface area contributed by atoms with Crippen LogP contribution in [0.5, 0.6) is 0 Å². The number of nitro groups is 1. The van der Waals surface area contributed by atoms with Crippen molar-refractivity contribution in [2.45, 2.75) is 6.42 Å². The van der Waals surface area contributed by atoms with Crippen LogP contribution in [0, 0.1) is 10.1 Å². The Labute approximate surface area is 133 Å². The summed E-state index contributed by atoms with van der Waals surface area (Å²) in [5.41, 5.74) is 0.741. The minimum atomic E-state index is -0.638. The maximum Gasteiger partial charge on any atom is 0.300 e. The van der Waals surface area contributed by atoms with Gasteiger partial charge in [0, 0.05) is 13.1 Å². The number of amides is 1. The molecule has 1 aromatic rings. The molecule has 0 saturated heterocycles. The molecule has 1 aliphatic rings. The molecular weight excluding hydrogens is 317 g/mol. The number of rotatable bonds is 4.